The Labute approximate surface area is 147 Å². The van der Waals surface area contributed by atoms with Crippen LogP contribution in [0.15, 0.2) is 42.5 Å². The SMILES string of the molecule is COc1cccc(C(=O)N(C)C)c1OCC(=O)Nc1cccc(C)c1. The van der Waals surface area contributed by atoms with E-state index in [1.807, 2.05) is 25.1 Å². The summed E-state index contributed by atoms with van der Waals surface area (Å²) in [5.41, 5.74) is 2.08. The van der Waals surface area contributed by atoms with Gasteiger partial charge in [-0.1, -0.05) is 18.2 Å². The predicted octanol–water partition coefficient (Wildman–Crippen LogP) is 2.72. The highest BCUT2D eigenvalue weighted by molar-refractivity contribution is 5.98. The molecule has 0 aliphatic rings. The number of nitrogens with zero attached hydrogens (tertiary/aromatic N) is 1. The first-order chi connectivity index (χ1) is 11.9. The first-order valence-electron chi connectivity index (χ1n) is 7.80. The van der Waals surface area contributed by atoms with Crippen LogP contribution >= 0.6 is 0 Å². The van der Waals surface area contributed by atoms with Crippen molar-refractivity contribution in [3.05, 3.63) is 53.6 Å². The Morgan fingerprint density at radius 2 is 1.84 bits per heavy atom. The number of para-hydroxylation sites is 1. The molecule has 0 aromatic heterocycles. The molecule has 2 aromatic rings. The largest absolute Gasteiger partial charge is 0.493 e. The van der Waals surface area contributed by atoms with Gasteiger partial charge in [0, 0.05) is 19.8 Å². The van der Waals surface area contributed by atoms with Gasteiger partial charge in [-0.2, -0.15) is 0 Å². The van der Waals surface area contributed by atoms with Crippen molar-refractivity contribution in [3.8, 4) is 11.5 Å². The van der Waals surface area contributed by atoms with Gasteiger partial charge in [0.05, 0.1) is 12.7 Å². The number of rotatable bonds is 6. The first-order valence-corrected chi connectivity index (χ1v) is 7.80. The Hall–Kier alpha value is -3.02. The molecular weight excluding hydrogens is 320 g/mol. The average Bonchev–Trinajstić information content (AvgIpc) is 2.58. The lowest BCUT2D eigenvalue weighted by Gasteiger charge is -2.17. The summed E-state index contributed by atoms with van der Waals surface area (Å²) in [5, 5.41) is 2.76. The summed E-state index contributed by atoms with van der Waals surface area (Å²) >= 11 is 0. The topological polar surface area (TPSA) is 67.9 Å². The Morgan fingerprint density at radius 3 is 2.48 bits per heavy atom. The van der Waals surface area contributed by atoms with Crippen molar-refractivity contribution in [1.29, 1.82) is 0 Å². The molecule has 1 N–H and O–H groups in total. The third kappa shape index (κ3) is 4.73. The van der Waals surface area contributed by atoms with Crippen LogP contribution in [0.5, 0.6) is 11.5 Å². The van der Waals surface area contributed by atoms with Crippen molar-refractivity contribution in [3.63, 3.8) is 0 Å². The molecule has 0 aliphatic heterocycles. The second-order valence-corrected chi connectivity index (χ2v) is 5.74. The quantitative estimate of drug-likeness (QED) is 0.876. The summed E-state index contributed by atoms with van der Waals surface area (Å²) in [6.45, 7) is 1.71. The van der Waals surface area contributed by atoms with E-state index in [4.69, 9.17) is 9.47 Å². The maximum atomic E-state index is 12.3. The molecular formula is C19H22N2O4. The summed E-state index contributed by atoms with van der Waals surface area (Å²) < 4.78 is 10.9. The number of methoxy groups -OCH3 is 1. The van der Waals surface area contributed by atoms with Crippen LogP contribution in [0.4, 0.5) is 5.69 Å². The number of carbonyl (C=O) groups is 2. The minimum atomic E-state index is -0.320. The lowest BCUT2D eigenvalue weighted by atomic mass is 10.1. The van der Waals surface area contributed by atoms with E-state index in [-0.39, 0.29) is 24.2 Å². The van der Waals surface area contributed by atoms with Crippen molar-refractivity contribution in [2.24, 2.45) is 0 Å². The smallest absolute Gasteiger partial charge is 0.262 e. The van der Waals surface area contributed by atoms with Gasteiger partial charge in [0.25, 0.3) is 11.8 Å². The van der Waals surface area contributed by atoms with Gasteiger partial charge in [-0.15, -0.1) is 0 Å². The first kappa shape index (κ1) is 18.3. The zero-order chi connectivity index (χ0) is 18.4. The van der Waals surface area contributed by atoms with E-state index < -0.39 is 0 Å². The van der Waals surface area contributed by atoms with E-state index in [0.717, 1.165) is 5.56 Å². The Bertz CT molecular complexity index is 772. The van der Waals surface area contributed by atoms with E-state index >= 15 is 0 Å². The number of aryl methyl sites for hydroxylation is 1. The van der Waals surface area contributed by atoms with Crippen LogP contribution in [-0.4, -0.2) is 44.5 Å². The molecule has 6 nitrogen and oxygen atoms in total. The summed E-state index contributed by atoms with van der Waals surface area (Å²) in [6.07, 6.45) is 0. The number of nitrogens with one attached hydrogen (secondary N) is 1. The van der Waals surface area contributed by atoms with Gasteiger partial charge >= 0.3 is 0 Å². The molecule has 0 unspecified atom stereocenters. The maximum Gasteiger partial charge on any atom is 0.262 e. The third-order valence-electron chi connectivity index (χ3n) is 3.48. The molecule has 0 saturated carbocycles. The number of carbonyl (C=O) groups excluding carboxylic acids is 2. The lowest BCUT2D eigenvalue weighted by molar-refractivity contribution is -0.118. The van der Waals surface area contributed by atoms with Gasteiger partial charge < -0.3 is 19.7 Å². The molecule has 2 amide bonds. The minimum absolute atomic E-state index is 0.229. The van der Waals surface area contributed by atoms with Crippen molar-refractivity contribution in [1.82, 2.24) is 4.90 Å². The highest BCUT2D eigenvalue weighted by Gasteiger charge is 2.19. The second kappa shape index (κ2) is 8.19. The van der Waals surface area contributed by atoms with Gasteiger partial charge in [0.2, 0.25) is 0 Å². The second-order valence-electron chi connectivity index (χ2n) is 5.74. The zero-order valence-corrected chi connectivity index (χ0v) is 14.8. The summed E-state index contributed by atoms with van der Waals surface area (Å²) in [7, 11) is 4.78. The molecule has 0 radical (unpaired) electrons. The van der Waals surface area contributed by atoms with Crippen molar-refractivity contribution < 1.29 is 19.1 Å². The fraction of sp³-hybridized carbons (Fsp3) is 0.263. The molecule has 6 heteroatoms. The Balaban J connectivity index is 2.13. The zero-order valence-electron chi connectivity index (χ0n) is 14.8. The number of amides is 2. The van der Waals surface area contributed by atoms with E-state index in [0.29, 0.717) is 17.0 Å². The molecule has 2 aromatic carbocycles. The van der Waals surface area contributed by atoms with E-state index in [9.17, 15) is 9.59 Å². The number of hydrogen-bond donors (Lipinski definition) is 1. The fourth-order valence-electron chi connectivity index (χ4n) is 2.29. The molecule has 0 fully saturated rings. The van der Waals surface area contributed by atoms with Crippen LogP contribution in [0.3, 0.4) is 0 Å². The van der Waals surface area contributed by atoms with Crippen LogP contribution in [0.25, 0.3) is 0 Å². The van der Waals surface area contributed by atoms with Gasteiger partial charge in [-0.3, -0.25) is 9.59 Å². The molecule has 0 heterocycles. The monoisotopic (exact) mass is 342 g/mol. The molecule has 0 saturated heterocycles. The summed E-state index contributed by atoms with van der Waals surface area (Å²) in [4.78, 5) is 25.9. The summed E-state index contributed by atoms with van der Waals surface area (Å²) in [6, 6.07) is 12.5. The van der Waals surface area contributed by atoms with Gasteiger partial charge in [0.1, 0.15) is 0 Å². The summed E-state index contributed by atoms with van der Waals surface area (Å²) in [5.74, 6) is 0.104. The number of benzene rings is 2. The van der Waals surface area contributed by atoms with Crippen molar-refractivity contribution >= 4 is 17.5 Å². The number of ether oxygens (including phenoxy) is 2. The Kier molecular flexibility index (Phi) is 6.00. The van der Waals surface area contributed by atoms with Crippen molar-refractivity contribution in [2.45, 2.75) is 6.92 Å². The van der Waals surface area contributed by atoms with E-state index in [1.54, 1.807) is 38.4 Å². The van der Waals surface area contributed by atoms with Crippen LogP contribution in [0.2, 0.25) is 0 Å². The number of anilines is 1. The molecule has 2 rings (SSSR count). The normalized spacial score (nSPS) is 10.1. The molecule has 0 bridgehead atoms. The van der Waals surface area contributed by atoms with Crippen LogP contribution in [-0.2, 0) is 4.79 Å². The molecule has 0 spiro atoms. The van der Waals surface area contributed by atoms with E-state index in [2.05, 4.69) is 5.32 Å². The van der Waals surface area contributed by atoms with Crippen molar-refractivity contribution in [2.75, 3.05) is 33.1 Å². The van der Waals surface area contributed by atoms with Crippen LogP contribution in [0.1, 0.15) is 15.9 Å². The number of hydrogen-bond acceptors (Lipinski definition) is 4. The van der Waals surface area contributed by atoms with Gasteiger partial charge in [0.15, 0.2) is 18.1 Å². The van der Waals surface area contributed by atoms with Gasteiger partial charge in [-0.25, -0.2) is 0 Å². The van der Waals surface area contributed by atoms with E-state index in [1.165, 1.54) is 12.0 Å². The maximum absolute atomic E-state index is 12.3. The average molecular weight is 342 g/mol. The molecule has 132 valence electrons. The fourth-order valence-corrected chi connectivity index (χ4v) is 2.29. The predicted molar refractivity (Wildman–Crippen MR) is 96.3 cm³/mol. The highest BCUT2D eigenvalue weighted by atomic mass is 16.5. The Morgan fingerprint density at radius 1 is 1.12 bits per heavy atom. The van der Waals surface area contributed by atoms with Gasteiger partial charge in [-0.05, 0) is 36.8 Å². The molecule has 25 heavy (non-hydrogen) atoms. The standard InChI is InChI=1S/C19H22N2O4/c1-13-7-5-8-14(11-13)20-17(22)12-25-18-15(19(23)21(2)3)9-6-10-16(18)24-4/h5-11H,12H2,1-4H3,(H,20,22). The van der Waals surface area contributed by atoms with Crippen LogP contribution < -0.4 is 14.8 Å². The minimum Gasteiger partial charge on any atom is -0.493 e. The highest BCUT2D eigenvalue weighted by Crippen LogP contribution is 2.31. The molecule has 0 atom stereocenters. The van der Waals surface area contributed by atoms with Crippen LogP contribution in [0, 0.1) is 6.92 Å². The lowest BCUT2D eigenvalue weighted by Crippen LogP contribution is -2.24. The third-order valence-corrected chi connectivity index (χ3v) is 3.48. The molecule has 0 aliphatic carbocycles.